The van der Waals surface area contributed by atoms with Gasteiger partial charge in [0.1, 0.15) is 5.78 Å². The number of hydrogen-bond acceptors (Lipinski definition) is 2. The van der Waals surface area contributed by atoms with Crippen molar-refractivity contribution in [2.75, 3.05) is 0 Å². The molecule has 2 nitrogen and oxygen atoms in total. The highest BCUT2D eigenvalue weighted by molar-refractivity contribution is 5.97. The average molecular weight is 336 g/mol. The maximum absolute atomic E-state index is 12.3. The zero-order chi connectivity index (χ0) is 17.8. The van der Waals surface area contributed by atoms with Crippen molar-refractivity contribution in [2.45, 2.75) is 65.7 Å². The number of fused-ring (bicyclic) bond motifs is 4. The van der Waals surface area contributed by atoms with Crippen LogP contribution < -0.4 is 0 Å². The predicted molar refractivity (Wildman–Crippen MR) is 98.6 cm³/mol. The lowest BCUT2D eigenvalue weighted by atomic mass is 9.55. The molecule has 0 spiro atoms. The summed E-state index contributed by atoms with van der Waals surface area (Å²) in [5.41, 5.74) is 4.54. The molecule has 0 aromatic rings. The first kappa shape index (κ1) is 16.8. The fraction of sp³-hybridized carbons (Fsp3) is 0.652. The number of Topliss-reactive ketones (excluding diaryl/α,β-unsaturated/α-hetero) is 1. The summed E-state index contributed by atoms with van der Waals surface area (Å²) >= 11 is 0. The minimum Gasteiger partial charge on any atom is -0.300 e. The Morgan fingerprint density at radius 1 is 1.24 bits per heavy atom. The minimum absolute atomic E-state index is 0.142. The molecule has 0 bridgehead atoms. The maximum Gasteiger partial charge on any atom is 0.171 e. The van der Waals surface area contributed by atoms with Gasteiger partial charge in [0, 0.05) is 5.92 Å². The van der Waals surface area contributed by atoms with Crippen LogP contribution in [0.5, 0.6) is 0 Å². The van der Waals surface area contributed by atoms with Crippen LogP contribution in [0.3, 0.4) is 0 Å². The van der Waals surface area contributed by atoms with Crippen LogP contribution in [-0.4, -0.2) is 11.6 Å². The molecule has 4 aliphatic carbocycles. The quantitative estimate of drug-likeness (QED) is 0.653. The largest absolute Gasteiger partial charge is 0.300 e. The summed E-state index contributed by atoms with van der Waals surface area (Å²) in [5, 5.41) is 0. The highest BCUT2D eigenvalue weighted by Gasteiger charge is 2.54. The van der Waals surface area contributed by atoms with E-state index in [2.05, 4.69) is 18.8 Å². The molecular weight excluding hydrogens is 308 g/mol. The van der Waals surface area contributed by atoms with Crippen molar-refractivity contribution < 1.29 is 9.59 Å². The average Bonchev–Trinajstić information content (AvgIpc) is 2.93. The molecule has 2 heteroatoms. The Labute approximate surface area is 151 Å². The molecule has 2 saturated carbocycles. The number of hydrogen-bond donors (Lipinski definition) is 0. The molecule has 0 heterocycles. The Balaban J connectivity index is 1.71. The lowest BCUT2D eigenvalue weighted by Crippen LogP contribution is -2.42. The fourth-order valence-electron chi connectivity index (χ4n) is 6.50. The molecule has 4 aliphatic rings. The van der Waals surface area contributed by atoms with Gasteiger partial charge in [0.25, 0.3) is 0 Å². The second-order valence-corrected chi connectivity index (χ2v) is 8.72. The van der Waals surface area contributed by atoms with Gasteiger partial charge in [-0.3, -0.25) is 9.59 Å². The van der Waals surface area contributed by atoms with Crippen LogP contribution in [0.2, 0.25) is 0 Å². The zero-order valence-electron chi connectivity index (χ0n) is 15.7. The summed E-state index contributed by atoms with van der Waals surface area (Å²) in [6.07, 6.45) is 9.39. The third-order valence-corrected chi connectivity index (χ3v) is 7.65. The van der Waals surface area contributed by atoms with E-state index in [-0.39, 0.29) is 23.0 Å². The van der Waals surface area contributed by atoms with E-state index in [4.69, 9.17) is 0 Å². The molecule has 0 aromatic heterocycles. The van der Waals surface area contributed by atoms with Gasteiger partial charge in [0.15, 0.2) is 5.78 Å². The summed E-state index contributed by atoms with van der Waals surface area (Å²) in [7, 11) is 0. The first-order valence-corrected chi connectivity index (χ1v) is 9.85. The number of carbonyl (C=O) groups is 2. The molecule has 2 fully saturated rings. The first-order chi connectivity index (χ1) is 12.0. The summed E-state index contributed by atoms with van der Waals surface area (Å²) in [4.78, 5) is 24.5. The second kappa shape index (κ2) is 5.97. The number of carbonyl (C=O) groups excluding carboxylic acids is 2. The summed E-state index contributed by atoms with van der Waals surface area (Å²) in [6.45, 7) is 5.98. The molecule has 0 aromatic carbocycles. The van der Waals surface area contributed by atoms with Crippen LogP contribution in [-0.2, 0) is 9.59 Å². The molecule has 0 radical (unpaired) electrons. The molecular formula is C23H28O2. The Hall–Kier alpha value is -1.62. The molecule has 0 N–H and O–H groups in total. The van der Waals surface area contributed by atoms with E-state index in [9.17, 15) is 9.59 Å². The van der Waals surface area contributed by atoms with Gasteiger partial charge in [0.05, 0.1) is 5.92 Å². The van der Waals surface area contributed by atoms with Crippen LogP contribution in [0.4, 0.5) is 0 Å². The topological polar surface area (TPSA) is 34.1 Å². The molecule has 0 saturated heterocycles. The second-order valence-electron chi connectivity index (χ2n) is 8.72. The summed E-state index contributed by atoms with van der Waals surface area (Å²) in [5.74, 6) is 8.02. The third kappa shape index (κ3) is 2.47. The van der Waals surface area contributed by atoms with Gasteiger partial charge in [-0.15, -0.1) is 5.92 Å². The lowest BCUT2D eigenvalue weighted by Gasteiger charge is -2.49. The van der Waals surface area contributed by atoms with Crippen LogP contribution in [0.1, 0.15) is 65.7 Å². The minimum atomic E-state index is -0.142. The highest BCUT2D eigenvalue weighted by atomic mass is 16.1. The maximum atomic E-state index is 12.3. The molecule has 1 unspecified atom stereocenters. The van der Waals surface area contributed by atoms with E-state index in [1.54, 1.807) is 12.5 Å². The Bertz CT molecular complexity index is 757. The van der Waals surface area contributed by atoms with Gasteiger partial charge < -0.3 is 0 Å². The van der Waals surface area contributed by atoms with Crippen molar-refractivity contribution >= 4 is 11.6 Å². The van der Waals surface area contributed by atoms with Crippen LogP contribution >= 0.6 is 0 Å². The Morgan fingerprint density at radius 2 is 2.04 bits per heavy atom. The van der Waals surface area contributed by atoms with Gasteiger partial charge in [-0.05, 0) is 93.3 Å². The standard InChI is InChI=1S/C23H28O2/c1-4-5-16-12-19-15(13-22(16)25)6-7-18-17(19)10-11-23(3)20(14(2)24)8-9-21(18)23/h13,16,18,20-21H,6-12H2,1-3H3/t16?,18-,20-,21+,23-/m1/s1. The van der Waals surface area contributed by atoms with Gasteiger partial charge in [-0.2, -0.15) is 0 Å². The van der Waals surface area contributed by atoms with Crippen LogP contribution in [0.25, 0.3) is 0 Å². The SMILES string of the molecule is CC#CC1CC2=C3CC[C@]4(C)[C@@H](C(C)=O)CC[C@H]4[C@@H]3CCC2=CC1=O. The summed E-state index contributed by atoms with van der Waals surface area (Å²) in [6, 6.07) is 0. The van der Waals surface area contributed by atoms with E-state index < -0.39 is 0 Å². The summed E-state index contributed by atoms with van der Waals surface area (Å²) < 4.78 is 0. The van der Waals surface area contributed by atoms with Crippen molar-refractivity contribution in [2.24, 2.45) is 29.1 Å². The van der Waals surface area contributed by atoms with Crippen molar-refractivity contribution in [3.8, 4) is 11.8 Å². The third-order valence-electron chi connectivity index (χ3n) is 7.65. The fourth-order valence-corrected chi connectivity index (χ4v) is 6.50. The highest BCUT2D eigenvalue weighted by Crippen LogP contribution is 2.62. The molecule has 5 atom stereocenters. The molecule has 132 valence electrons. The van der Waals surface area contributed by atoms with Crippen LogP contribution in [0, 0.1) is 40.9 Å². The molecule has 0 aliphatic heterocycles. The van der Waals surface area contributed by atoms with E-state index >= 15 is 0 Å². The van der Waals surface area contributed by atoms with E-state index in [0.717, 1.165) is 38.5 Å². The Kier molecular flexibility index (Phi) is 4.02. The van der Waals surface area contributed by atoms with Gasteiger partial charge >= 0.3 is 0 Å². The van der Waals surface area contributed by atoms with Crippen molar-refractivity contribution in [3.63, 3.8) is 0 Å². The van der Waals surface area contributed by atoms with Gasteiger partial charge in [0.2, 0.25) is 0 Å². The van der Waals surface area contributed by atoms with Gasteiger partial charge in [-0.1, -0.05) is 18.4 Å². The van der Waals surface area contributed by atoms with Crippen LogP contribution in [0.15, 0.2) is 22.8 Å². The normalized spacial score (nSPS) is 39.6. The first-order valence-electron chi connectivity index (χ1n) is 9.85. The number of rotatable bonds is 1. The molecule has 4 rings (SSSR count). The Morgan fingerprint density at radius 3 is 2.76 bits per heavy atom. The van der Waals surface area contributed by atoms with E-state index in [1.165, 1.54) is 17.6 Å². The number of allylic oxidation sites excluding steroid dienone is 4. The van der Waals surface area contributed by atoms with Crippen molar-refractivity contribution in [1.82, 2.24) is 0 Å². The van der Waals surface area contributed by atoms with E-state index in [1.807, 2.05) is 13.0 Å². The molecule has 25 heavy (non-hydrogen) atoms. The van der Waals surface area contributed by atoms with Crippen molar-refractivity contribution in [3.05, 3.63) is 22.8 Å². The van der Waals surface area contributed by atoms with E-state index in [0.29, 0.717) is 17.6 Å². The molecule has 0 amide bonds. The zero-order valence-corrected chi connectivity index (χ0v) is 15.7. The lowest BCUT2D eigenvalue weighted by molar-refractivity contribution is -0.125. The van der Waals surface area contributed by atoms with Crippen molar-refractivity contribution in [1.29, 1.82) is 0 Å². The monoisotopic (exact) mass is 336 g/mol. The number of ketones is 2. The smallest absolute Gasteiger partial charge is 0.171 e. The van der Waals surface area contributed by atoms with Gasteiger partial charge in [-0.25, -0.2) is 0 Å². The predicted octanol–water partition coefficient (Wildman–Crippen LogP) is 4.65.